The van der Waals surface area contributed by atoms with E-state index < -0.39 is 16.4 Å². The molecule has 7 nitrogen and oxygen atoms in total. The fourth-order valence-corrected chi connectivity index (χ4v) is 2.12. The number of benzene rings is 1. The van der Waals surface area contributed by atoms with E-state index in [9.17, 15) is 14.9 Å². The predicted molar refractivity (Wildman–Crippen MR) is 71.8 cm³/mol. The SMILES string of the molecule is NC1(C(=O)Nc2ccc(Br)cc2[N+](=O)[O-])CCOC1. The minimum atomic E-state index is -1.12. The highest BCUT2D eigenvalue weighted by atomic mass is 79.9. The van der Waals surface area contributed by atoms with Gasteiger partial charge in [-0.1, -0.05) is 15.9 Å². The number of rotatable bonds is 3. The highest BCUT2D eigenvalue weighted by Gasteiger charge is 2.39. The van der Waals surface area contributed by atoms with Gasteiger partial charge in [0.2, 0.25) is 5.91 Å². The number of carbonyl (C=O) groups is 1. The number of hydrogen-bond acceptors (Lipinski definition) is 5. The van der Waals surface area contributed by atoms with Crippen LogP contribution in [0.1, 0.15) is 6.42 Å². The fraction of sp³-hybridized carbons (Fsp3) is 0.364. The van der Waals surface area contributed by atoms with Crippen LogP contribution in [0.25, 0.3) is 0 Å². The number of halogens is 1. The van der Waals surface area contributed by atoms with E-state index in [4.69, 9.17) is 10.5 Å². The summed E-state index contributed by atoms with van der Waals surface area (Å²) in [5, 5.41) is 13.4. The van der Waals surface area contributed by atoms with Gasteiger partial charge in [-0.15, -0.1) is 0 Å². The van der Waals surface area contributed by atoms with Gasteiger partial charge < -0.3 is 15.8 Å². The number of hydrogen-bond donors (Lipinski definition) is 2. The molecule has 1 aromatic rings. The summed E-state index contributed by atoms with van der Waals surface area (Å²) in [4.78, 5) is 22.4. The maximum atomic E-state index is 12.0. The molecule has 0 saturated carbocycles. The van der Waals surface area contributed by atoms with E-state index in [2.05, 4.69) is 21.2 Å². The van der Waals surface area contributed by atoms with Crippen LogP contribution in [-0.2, 0) is 9.53 Å². The predicted octanol–water partition coefficient (Wildman–Crippen LogP) is 1.41. The molecule has 19 heavy (non-hydrogen) atoms. The molecule has 0 aliphatic carbocycles. The first-order valence-electron chi connectivity index (χ1n) is 5.54. The summed E-state index contributed by atoms with van der Waals surface area (Å²) in [5.41, 5.74) is 4.70. The summed E-state index contributed by atoms with van der Waals surface area (Å²) < 4.78 is 5.65. The molecule has 1 saturated heterocycles. The standard InChI is InChI=1S/C11H12BrN3O4/c12-7-1-2-8(9(5-7)15(17)18)14-10(16)11(13)3-4-19-6-11/h1-2,5H,3-4,6,13H2,(H,14,16). The molecule has 1 fully saturated rings. The largest absolute Gasteiger partial charge is 0.379 e. The number of carbonyl (C=O) groups excluding carboxylic acids is 1. The molecule has 0 spiro atoms. The summed E-state index contributed by atoms with van der Waals surface area (Å²) in [5.74, 6) is -0.476. The van der Waals surface area contributed by atoms with Gasteiger partial charge in [0.1, 0.15) is 11.2 Å². The van der Waals surface area contributed by atoms with E-state index in [1.807, 2.05) is 0 Å². The van der Waals surface area contributed by atoms with Crippen molar-refractivity contribution in [3.05, 3.63) is 32.8 Å². The molecular weight excluding hydrogens is 318 g/mol. The van der Waals surface area contributed by atoms with Crippen molar-refractivity contribution in [1.29, 1.82) is 0 Å². The molecule has 1 heterocycles. The number of nitrogens with zero attached hydrogens (tertiary/aromatic N) is 1. The van der Waals surface area contributed by atoms with Crippen molar-refractivity contribution < 1.29 is 14.5 Å². The molecular formula is C11H12BrN3O4. The second-order valence-corrected chi connectivity index (χ2v) is 5.25. The molecule has 1 amide bonds. The normalized spacial score (nSPS) is 22.2. The second-order valence-electron chi connectivity index (χ2n) is 4.33. The van der Waals surface area contributed by atoms with Gasteiger partial charge in [0.15, 0.2) is 0 Å². The lowest BCUT2D eigenvalue weighted by molar-refractivity contribution is -0.384. The highest BCUT2D eigenvalue weighted by molar-refractivity contribution is 9.10. The number of nitro groups is 1. The van der Waals surface area contributed by atoms with Gasteiger partial charge in [-0.2, -0.15) is 0 Å². The Hall–Kier alpha value is -1.51. The number of nitrogens with two attached hydrogens (primary N) is 1. The van der Waals surface area contributed by atoms with Crippen molar-refractivity contribution in [2.45, 2.75) is 12.0 Å². The molecule has 0 aromatic heterocycles. The maximum Gasteiger partial charge on any atom is 0.293 e. The molecule has 1 atom stereocenters. The number of amides is 1. The van der Waals surface area contributed by atoms with Crippen molar-refractivity contribution in [1.82, 2.24) is 0 Å². The van der Waals surface area contributed by atoms with E-state index in [-0.39, 0.29) is 18.0 Å². The topological polar surface area (TPSA) is 107 Å². The fourth-order valence-electron chi connectivity index (χ4n) is 1.77. The Morgan fingerprint density at radius 1 is 1.58 bits per heavy atom. The zero-order chi connectivity index (χ0) is 14.0. The average Bonchev–Trinajstić information content (AvgIpc) is 2.79. The highest BCUT2D eigenvalue weighted by Crippen LogP contribution is 2.29. The van der Waals surface area contributed by atoms with E-state index in [0.29, 0.717) is 17.5 Å². The molecule has 102 valence electrons. The minimum absolute atomic E-state index is 0.114. The van der Waals surface area contributed by atoms with Crippen LogP contribution in [0.3, 0.4) is 0 Å². The molecule has 3 N–H and O–H groups in total. The number of anilines is 1. The Bertz CT molecular complexity index is 529. The zero-order valence-electron chi connectivity index (χ0n) is 9.89. The molecule has 8 heteroatoms. The van der Waals surface area contributed by atoms with Crippen molar-refractivity contribution in [2.24, 2.45) is 5.73 Å². The smallest absolute Gasteiger partial charge is 0.293 e. The van der Waals surface area contributed by atoms with Crippen LogP contribution in [0.4, 0.5) is 11.4 Å². The molecule has 1 aromatic carbocycles. The summed E-state index contributed by atoms with van der Waals surface area (Å²) in [6.45, 7) is 0.523. The van der Waals surface area contributed by atoms with Gasteiger partial charge in [0.05, 0.1) is 11.5 Å². The van der Waals surface area contributed by atoms with Gasteiger partial charge >= 0.3 is 0 Å². The Labute approximate surface area is 117 Å². The van der Waals surface area contributed by atoms with Crippen molar-refractivity contribution >= 4 is 33.2 Å². The number of nitro benzene ring substituents is 1. The minimum Gasteiger partial charge on any atom is -0.379 e. The molecule has 1 aliphatic heterocycles. The molecule has 1 unspecified atom stereocenters. The van der Waals surface area contributed by atoms with E-state index in [1.165, 1.54) is 12.1 Å². The van der Waals surface area contributed by atoms with Crippen molar-refractivity contribution in [3.8, 4) is 0 Å². The monoisotopic (exact) mass is 329 g/mol. The summed E-state index contributed by atoms with van der Waals surface area (Å²) in [7, 11) is 0. The van der Waals surface area contributed by atoms with E-state index in [0.717, 1.165) is 0 Å². The van der Waals surface area contributed by atoms with Gasteiger partial charge in [-0.25, -0.2) is 0 Å². The Morgan fingerprint density at radius 2 is 2.32 bits per heavy atom. The van der Waals surface area contributed by atoms with Crippen LogP contribution >= 0.6 is 15.9 Å². The van der Waals surface area contributed by atoms with Crippen molar-refractivity contribution in [2.75, 3.05) is 18.5 Å². The molecule has 0 radical (unpaired) electrons. The molecule has 1 aliphatic rings. The third kappa shape index (κ3) is 2.91. The van der Waals surface area contributed by atoms with E-state index >= 15 is 0 Å². The van der Waals surface area contributed by atoms with Crippen LogP contribution in [0.2, 0.25) is 0 Å². The first-order chi connectivity index (χ1) is 8.92. The summed E-state index contributed by atoms with van der Waals surface area (Å²) in [6, 6.07) is 4.39. The van der Waals surface area contributed by atoms with E-state index in [1.54, 1.807) is 6.07 Å². The maximum absolute atomic E-state index is 12.0. The summed E-state index contributed by atoms with van der Waals surface area (Å²) >= 11 is 3.15. The number of ether oxygens (including phenoxy) is 1. The zero-order valence-corrected chi connectivity index (χ0v) is 11.5. The number of nitrogens with one attached hydrogen (secondary N) is 1. The van der Waals surface area contributed by atoms with Gasteiger partial charge in [0.25, 0.3) is 5.69 Å². The van der Waals surface area contributed by atoms with Crippen LogP contribution in [-0.4, -0.2) is 29.6 Å². The molecule has 0 bridgehead atoms. The molecule has 2 rings (SSSR count). The van der Waals surface area contributed by atoms with Crippen LogP contribution < -0.4 is 11.1 Å². The Kier molecular flexibility index (Phi) is 3.83. The van der Waals surface area contributed by atoms with Crippen molar-refractivity contribution in [3.63, 3.8) is 0 Å². The third-order valence-electron chi connectivity index (χ3n) is 2.91. The van der Waals surface area contributed by atoms with Gasteiger partial charge in [-0.05, 0) is 18.6 Å². The lowest BCUT2D eigenvalue weighted by Gasteiger charge is -2.20. The van der Waals surface area contributed by atoms with Crippen LogP contribution in [0.15, 0.2) is 22.7 Å². The second kappa shape index (κ2) is 5.24. The quantitative estimate of drug-likeness (QED) is 0.644. The summed E-state index contributed by atoms with van der Waals surface area (Å²) in [6.07, 6.45) is 0.392. The third-order valence-corrected chi connectivity index (χ3v) is 3.40. The van der Waals surface area contributed by atoms with Crippen LogP contribution in [0, 0.1) is 10.1 Å². The first kappa shape index (κ1) is 13.9. The van der Waals surface area contributed by atoms with Gasteiger partial charge in [0, 0.05) is 17.1 Å². The lowest BCUT2D eigenvalue weighted by atomic mass is 9.99. The lowest BCUT2D eigenvalue weighted by Crippen LogP contribution is -2.51. The van der Waals surface area contributed by atoms with Gasteiger partial charge in [-0.3, -0.25) is 14.9 Å². The average molecular weight is 330 g/mol. The Morgan fingerprint density at radius 3 is 2.89 bits per heavy atom. The first-order valence-corrected chi connectivity index (χ1v) is 6.34. The Balaban J connectivity index is 2.23. The van der Waals surface area contributed by atoms with Crippen LogP contribution in [0.5, 0.6) is 0 Å².